The smallest absolute Gasteiger partial charge is 0.0169 e. The summed E-state index contributed by atoms with van der Waals surface area (Å²) >= 11 is 0. The number of nitrogens with zero attached hydrogens (tertiary/aromatic N) is 1. The Kier molecular flexibility index (Phi) is 3.64. The minimum atomic E-state index is 0.212. The molecule has 0 aliphatic heterocycles. The monoisotopic (exact) mass is 155 g/mol. The summed E-state index contributed by atoms with van der Waals surface area (Å²) in [6, 6.07) is 0. The topological polar surface area (TPSA) is 3.24 Å². The van der Waals surface area contributed by atoms with Crippen LogP contribution in [0.3, 0.4) is 0 Å². The van der Waals surface area contributed by atoms with Crippen LogP contribution < -0.4 is 0 Å². The highest BCUT2D eigenvalue weighted by molar-refractivity contribution is 5.02. The minimum absolute atomic E-state index is 0.212. The molecule has 0 aromatic heterocycles. The van der Waals surface area contributed by atoms with E-state index in [9.17, 15) is 0 Å². The van der Waals surface area contributed by atoms with Gasteiger partial charge in [0, 0.05) is 24.7 Å². The van der Waals surface area contributed by atoms with Gasteiger partial charge in [-0.15, -0.1) is 0 Å². The molecule has 1 heteroatoms. The summed E-state index contributed by atoms with van der Waals surface area (Å²) in [4.78, 5) is 2.24. The van der Waals surface area contributed by atoms with Gasteiger partial charge in [-0.1, -0.05) is 34.3 Å². The zero-order chi connectivity index (χ0) is 9.07. The first-order chi connectivity index (χ1) is 4.89. The van der Waals surface area contributed by atoms with Crippen molar-refractivity contribution in [2.24, 2.45) is 5.41 Å². The number of rotatable bonds is 3. The van der Waals surface area contributed by atoms with Gasteiger partial charge in [-0.25, -0.2) is 0 Å². The Labute approximate surface area is 71.1 Å². The summed E-state index contributed by atoms with van der Waals surface area (Å²) in [5, 5.41) is 0. The second-order valence-corrected chi connectivity index (χ2v) is 4.12. The lowest BCUT2D eigenvalue weighted by Crippen LogP contribution is -2.26. The van der Waals surface area contributed by atoms with Crippen molar-refractivity contribution in [2.75, 3.05) is 13.6 Å². The molecule has 0 aromatic carbocycles. The van der Waals surface area contributed by atoms with Crippen molar-refractivity contribution in [2.45, 2.75) is 34.1 Å². The predicted molar refractivity (Wildman–Crippen MR) is 51.5 cm³/mol. The fraction of sp³-hybridized carbons (Fsp3) is 0.800. The summed E-state index contributed by atoms with van der Waals surface area (Å²) in [7, 11) is 2.11. The summed E-state index contributed by atoms with van der Waals surface area (Å²) in [6.45, 7) is 14.0. The molecule has 0 atom stereocenters. The highest BCUT2D eigenvalue weighted by Crippen LogP contribution is 2.25. The SMILES string of the molecule is C=C(N(C)CCC)C(C)(C)C. The van der Waals surface area contributed by atoms with E-state index in [-0.39, 0.29) is 5.41 Å². The van der Waals surface area contributed by atoms with Gasteiger partial charge in [0.15, 0.2) is 0 Å². The minimum Gasteiger partial charge on any atom is -0.378 e. The molecule has 0 spiro atoms. The molecule has 0 saturated carbocycles. The Balaban J connectivity index is 4.03. The van der Waals surface area contributed by atoms with E-state index in [4.69, 9.17) is 0 Å². The standard InChI is InChI=1S/C10H21N/c1-7-8-11(6)9(2)10(3,4)5/h2,7-8H2,1,3-6H3. The molecule has 0 unspecified atom stereocenters. The van der Waals surface area contributed by atoms with Crippen molar-refractivity contribution < 1.29 is 0 Å². The summed E-state index contributed by atoms with van der Waals surface area (Å²) < 4.78 is 0. The molecule has 0 aliphatic rings. The van der Waals surface area contributed by atoms with Crippen LogP contribution in [0.25, 0.3) is 0 Å². The molecule has 11 heavy (non-hydrogen) atoms. The lowest BCUT2D eigenvalue weighted by molar-refractivity contribution is 0.312. The van der Waals surface area contributed by atoms with Crippen molar-refractivity contribution in [1.82, 2.24) is 4.90 Å². The van der Waals surface area contributed by atoms with Gasteiger partial charge < -0.3 is 4.90 Å². The van der Waals surface area contributed by atoms with Crippen molar-refractivity contribution in [3.05, 3.63) is 12.3 Å². The maximum Gasteiger partial charge on any atom is 0.0169 e. The average Bonchev–Trinajstić information content (AvgIpc) is 1.85. The van der Waals surface area contributed by atoms with Crippen LogP contribution >= 0.6 is 0 Å². The molecule has 0 saturated heterocycles. The van der Waals surface area contributed by atoms with Crippen molar-refractivity contribution in [3.63, 3.8) is 0 Å². The maximum absolute atomic E-state index is 4.07. The number of hydrogen-bond acceptors (Lipinski definition) is 1. The van der Waals surface area contributed by atoms with Crippen LogP contribution in [0, 0.1) is 5.41 Å². The van der Waals surface area contributed by atoms with E-state index >= 15 is 0 Å². The third-order valence-corrected chi connectivity index (χ3v) is 1.89. The molecule has 0 amide bonds. The van der Waals surface area contributed by atoms with E-state index in [2.05, 4.69) is 46.2 Å². The molecule has 0 bridgehead atoms. The quantitative estimate of drug-likeness (QED) is 0.605. The maximum atomic E-state index is 4.07. The summed E-state index contributed by atoms with van der Waals surface area (Å²) in [5.74, 6) is 0. The van der Waals surface area contributed by atoms with Gasteiger partial charge in [0.05, 0.1) is 0 Å². The molecule has 0 N–H and O–H groups in total. The summed E-state index contributed by atoms with van der Waals surface area (Å²) in [5.41, 5.74) is 1.43. The zero-order valence-electron chi connectivity index (χ0n) is 8.57. The number of allylic oxidation sites excluding steroid dienone is 1. The van der Waals surface area contributed by atoms with E-state index in [1.54, 1.807) is 0 Å². The molecule has 0 fully saturated rings. The van der Waals surface area contributed by atoms with E-state index < -0.39 is 0 Å². The summed E-state index contributed by atoms with van der Waals surface area (Å²) in [6.07, 6.45) is 1.19. The van der Waals surface area contributed by atoms with Crippen LogP contribution in [-0.2, 0) is 0 Å². The van der Waals surface area contributed by atoms with Crippen molar-refractivity contribution in [1.29, 1.82) is 0 Å². The largest absolute Gasteiger partial charge is 0.378 e. The van der Waals surface area contributed by atoms with Crippen LogP contribution in [0.2, 0.25) is 0 Å². The Hall–Kier alpha value is -0.460. The Morgan fingerprint density at radius 2 is 1.82 bits per heavy atom. The van der Waals surface area contributed by atoms with Gasteiger partial charge in [-0.3, -0.25) is 0 Å². The lowest BCUT2D eigenvalue weighted by atomic mass is 9.92. The van der Waals surface area contributed by atoms with Gasteiger partial charge in [-0.2, -0.15) is 0 Å². The van der Waals surface area contributed by atoms with Crippen LogP contribution in [0.4, 0.5) is 0 Å². The first-order valence-electron chi connectivity index (χ1n) is 4.30. The van der Waals surface area contributed by atoms with Gasteiger partial charge in [0.1, 0.15) is 0 Å². The molecule has 0 aliphatic carbocycles. The number of hydrogen-bond donors (Lipinski definition) is 0. The third-order valence-electron chi connectivity index (χ3n) is 1.89. The van der Waals surface area contributed by atoms with Gasteiger partial charge in [-0.05, 0) is 6.42 Å². The van der Waals surface area contributed by atoms with E-state index in [0.717, 1.165) is 6.54 Å². The Morgan fingerprint density at radius 1 is 1.36 bits per heavy atom. The zero-order valence-corrected chi connectivity index (χ0v) is 8.57. The highest BCUT2D eigenvalue weighted by Gasteiger charge is 2.17. The fourth-order valence-electron chi connectivity index (χ4n) is 1.04. The van der Waals surface area contributed by atoms with E-state index in [1.165, 1.54) is 12.1 Å². The van der Waals surface area contributed by atoms with E-state index in [1.807, 2.05) is 0 Å². The van der Waals surface area contributed by atoms with Crippen molar-refractivity contribution in [3.8, 4) is 0 Å². The first kappa shape index (κ1) is 10.5. The first-order valence-corrected chi connectivity index (χ1v) is 4.30. The van der Waals surface area contributed by atoms with Crippen LogP contribution in [0.1, 0.15) is 34.1 Å². The van der Waals surface area contributed by atoms with Gasteiger partial charge >= 0.3 is 0 Å². The molecule has 1 nitrogen and oxygen atoms in total. The average molecular weight is 155 g/mol. The predicted octanol–water partition coefficient (Wildman–Crippen LogP) is 2.89. The fourth-order valence-corrected chi connectivity index (χ4v) is 1.04. The van der Waals surface area contributed by atoms with Crippen molar-refractivity contribution >= 4 is 0 Å². The lowest BCUT2D eigenvalue weighted by Gasteiger charge is -2.31. The van der Waals surface area contributed by atoms with Gasteiger partial charge in [0.2, 0.25) is 0 Å². The molecule has 66 valence electrons. The molecule has 0 heterocycles. The Morgan fingerprint density at radius 3 is 2.09 bits per heavy atom. The second-order valence-electron chi connectivity index (χ2n) is 4.12. The van der Waals surface area contributed by atoms with Crippen LogP contribution in [0.15, 0.2) is 12.3 Å². The molecule has 0 radical (unpaired) electrons. The Bertz CT molecular complexity index is 130. The molecular weight excluding hydrogens is 134 g/mol. The molecular formula is C10H21N. The van der Waals surface area contributed by atoms with Crippen LogP contribution in [0.5, 0.6) is 0 Å². The van der Waals surface area contributed by atoms with Crippen LogP contribution in [-0.4, -0.2) is 18.5 Å². The second kappa shape index (κ2) is 3.80. The molecule has 0 rings (SSSR count). The van der Waals surface area contributed by atoms with E-state index in [0.29, 0.717) is 0 Å². The van der Waals surface area contributed by atoms with Gasteiger partial charge in [0.25, 0.3) is 0 Å². The normalized spacial score (nSPS) is 11.4. The third kappa shape index (κ3) is 3.45. The molecule has 0 aromatic rings. The highest BCUT2D eigenvalue weighted by atomic mass is 15.1.